The summed E-state index contributed by atoms with van der Waals surface area (Å²) in [5.41, 5.74) is -2.17. The molecule has 1 unspecified atom stereocenters. The Labute approximate surface area is 108 Å². The van der Waals surface area contributed by atoms with Crippen molar-refractivity contribution in [2.45, 2.75) is 5.60 Å². The van der Waals surface area contributed by atoms with Crippen molar-refractivity contribution in [3.63, 3.8) is 0 Å². The van der Waals surface area contributed by atoms with Crippen LogP contribution >= 0.6 is 23.2 Å². The first-order chi connectivity index (χ1) is 7.90. The summed E-state index contributed by atoms with van der Waals surface area (Å²) in [4.78, 5) is 0. The molecule has 1 atom stereocenters. The molecule has 1 aromatic carbocycles. The lowest BCUT2D eigenvalue weighted by atomic mass is 9.93. The molecular weight excluding hydrogens is 266 g/mol. The standard InChI is InChI=1S/C12H9Cl2FO2/c1-8(15)12(17,3-2-4-16)9-5-10(13)7-11(14)6-9/h5-7,16-17H,1,4H2. The van der Waals surface area contributed by atoms with Crippen LogP contribution in [0.5, 0.6) is 0 Å². The van der Waals surface area contributed by atoms with Gasteiger partial charge in [0.1, 0.15) is 12.4 Å². The van der Waals surface area contributed by atoms with E-state index in [4.69, 9.17) is 28.3 Å². The van der Waals surface area contributed by atoms with Crippen LogP contribution in [-0.2, 0) is 5.60 Å². The van der Waals surface area contributed by atoms with Crippen molar-refractivity contribution in [1.82, 2.24) is 0 Å². The summed E-state index contributed by atoms with van der Waals surface area (Å²) in [5.74, 6) is 3.28. The van der Waals surface area contributed by atoms with Crippen molar-refractivity contribution in [2.24, 2.45) is 0 Å². The molecular formula is C12H9Cl2FO2. The summed E-state index contributed by atoms with van der Waals surface area (Å²) in [7, 11) is 0. The Hall–Kier alpha value is -1.05. The second kappa shape index (κ2) is 5.52. The maximum atomic E-state index is 13.3. The van der Waals surface area contributed by atoms with Crippen molar-refractivity contribution in [3.05, 3.63) is 46.2 Å². The van der Waals surface area contributed by atoms with E-state index in [0.717, 1.165) is 0 Å². The van der Waals surface area contributed by atoms with E-state index in [0.29, 0.717) is 0 Å². The van der Waals surface area contributed by atoms with Gasteiger partial charge >= 0.3 is 0 Å². The Morgan fingerprint density at radius 1 is 1.35 bits per heavy atom. The van der Waals surface area contributed by atoms with Gasteiger partial charge in [0, 0.05) is 15.6 Å². The van der Waals surface area contributed by atoms with E-state index in [1.807, 2.05) is 0 Å². The minimum absolute atomic E-state index is 0.0588. The third-order valence-electron chi connectivity index (χ3n) is 2.02. The molecule has 2 N–H and O–H groups in total. The summed E-state index contributed by atoms with van der Waals surface area (Å²) in [6, 6.07) is 4.09. The molecule has 17 heavy (non-hydrogen) atoms. The Morgan fingerprint density at radius 2 is 1.88 bits per heavy atom. The Morgan fingerprint density at radius 3 is 2.29 bits per heavy atom. The van der Waals surface area contributed by atoms with Gasteiger partial charge < -0.3 is 10.2 Å². The van der Waals surface area contributed by atoms with Gasteiger partial charge in [0.05, 0.1) is 0 Å². The summed E-state index contributed by atoms with van der Waals surface area (Å²) in [6.45, 7) is 2.52. The smallest absolute Gasteiger partial charge is 0.203 e. The van der Waals surface area contributed by atoms with E-state index in [1.54, 1.807) is 0 Å². The lowest BCUT2D eigenvalue weighted by Crippen LogP contribution is -2.24. The minimum Gasteiger partial charge on any atom is -0.384 e. The monoisotopic (exact) mass is 274 g/mol. The van der Waals surface area contributed by atoms with Crippen molar-refractivity contribution < 1.29 is 14.6 Å². The van der Waals surface area contributed by atoms with Crippen molar-refractivity contribution >= 4 is 23.2 Å². The normalized spacial score (nSPS) is 13.5. The molecule has 2 nitrogen and oxygen atoms in total. The van der Waals surface area contributed by atoms with Gasteiger partial charge in [0.2, 0.25) is 5.60 Å². The fraction of sp³-hybridized carbons (Fsp3) is 0.167. The van der Waals surface area contributed by atoms with E-state index < -0.39 is 18.0 Å². The lowest BCUT2D eigenvalue weighted by molar-refractivity contribution is 0.114. The number of hydrogen-bond acceptors (Lipinski definition) is 2. The molecule has 0 amide bonds. The molecule has 0 radical (unpaired) electrons. The van der Waals surface area contributed by atoms with E-state index >= 15 is 0 Å². The van der Waals surface area contributed by atoms with Gasteiger partial charge in [0.25, 0.3) is 0 Å². The third kappa shape index (κ3) is 3.21. The molecule has 1 aromatic rings. The third-order valence-corrected chi connectivity index (χ3v) is 2.46. The van der Waals surface area contributed by atoms with Crippen LogP contribution in [0.2, 0.25) is 10.0 Å². The molecule has 0 fully saturated rings. The number of halogens is 3. The number of hydrogen-bond donors (Lipinski definition) is 2. The summed E-state index contributed by atoms with van der Waals surface area (Å²) >= 11 is 11.5. The van der Waals surface area contributed by atoms with Gasteiger partial charge in [-0.1, -0.05) is 41.6 Å². The second-order valence-electron chi connectivity index (χ2n) is 3.23. The maximum absolute atomic E-state index is 13.3. The zero-order valence-corrected chi connectivity index (χ0v) is 10.2. The number of aliphatic hydroxyl groups excluding tert-OH is 1. The first-order valence-corrected chi connectivity index (χ1v) is 5.30. The molecule has 0 heterocycles. The molecule has 0 aromatic heterocycles. The van der Waals surface area contributed by atoms with Crippen LogP contribution in [0.15, 0.2) is 30.6 Å². The molecule has 0 aliphatic heterocycles. The highest BCUT2D eigenvalue weighted by Gasteiger charge is 2.32. The van der Waals surface area contributed by atoms with Gasteiger partial charge in [-0.3, -0.25) is 0 Å². The quantitative estimate of drug-likeness (QED) is 0.815. The van der Waals surface area contributed by atoms with Gasteiger partial charge in [-0.25, -0.2) is 4.39 Å². The van der Waals surface area contributed by atoms with Crippen molar-refractivity contribution in [1.29, 1.82) is 0 Å². The topological polar surface area (TPSA) is 40.5 Å². The summed E-state index contributed by atoms with van der Waals surface area (Å²) in [5, 5.41) is 19.1. The molecule has 90 valence electrons. The first kappa shape index (κ1) is 14.0. The van der Waals surface area contributed by atoms with E-state index in [2.05, 4.69) is 18.4 Å². The van der Waals surface area contributed by atoms with Crippen LogP contribution in [-0.4, -0.2) is 16.8 Å². The molecule has 0 saturated heterocycles. The molecule has 0 aliphatic rings. The average molecular weight is 275 g/mol. The van der Waals surface area contributed by atoms with E-state index in [-0.39, 0.29) is 15.6 Å². The summed E-state index contributed by atoms with van der Waals surface area (Å²) < 4.78 is 13.3. The van der Waals surface area contributed by atoms with Crippen molar-refractivity contribution in [2.75, 3.05) is 6.61 Å². The van der Waals surface area contributed by atoms with E-state index in [1.165, 1.54) is 18.2 Å². The van der Waals surface area contributed by atoms with Gasteiger partial charge in [0.15, 0.2) is 0 Å². The molecule has 0 aliphatic carbocycles. The maximum Gasteiger partial charge on any atom is 0.203 e. The Bertz CT molecular complexity index is 485. The summed E-state index contributed by atoms with van der Waals surface area (Å²) in [6.07, 6.45) is 0. The molecule has 0 bridgehead atoms. The average Bonchev–Trinajstić information content (AvgIpc) is 2.24. The van der Waals surface area contributed by atoms with Gasteiger partial charge in [-0.2, -0.15) is 0 Å². The van der Waals surface area contributed by atoms with Gasteiger partial charge in [-0.15, -0.1) is 0 Å². The van der Waals surface area contributed by atoms with Crippen molar-refractivity contribution in [3.8, 4) is 11.8 Å². The van der Waals surface area contributed by atoms with Crippen LogP contribution in [0.4, 0.5) is 4.39 Å². The number of rotatable bonds is 2. The highest BCUT2D eigenvalue weighted by Crippen LogP contribution is 2.32. The van der Waals surface area contributed by atoms with Crippen LogP contribution in [0.1, 0.15) is 5.56 Å². The van der Waals surface area contributed by atoms with E-state index in [9.17, 15) is 9.50 Å². The predicted molar refractivity (Wildman–Crippen MR) is 65.5 cm³/mol. The molecule has 5 heteroatoms. The Balaban J connectivity index is 3.37. The van der Waals surface area contributed by atoms with Crippen LogP contribution < -0.4 is 0 Å². The molecule has 1 rings (SSSR count). The molecule has 0 spiro atoms. The van der Waals surface area contributed by atoms with Crippen LogP contribution in [0, 0.1) is 11.8 Å². The fourth-order valence-corrected chi connectivity index (χ4v) is 1.75. The largest absolute Gasteiger partial charge is 0.384 e. The minimum atomic E-state index is -2.22. The SMILES string of the molecule is C=C(F)C(O)(C#CCO)c1cc(Cl)cc(Cl)c1. The van der Waals surface area contributed by atoms with Crippen LogP contribution in [0.25, 0.3) is 0 Å². The zero-order chi connectivity index (χ0) is 13.1. The highest BCUT2D eigenvalue weighted by molar-refractivity contribution is 6.34. The van der Waals surface area contributed by atoms with Crippen LogP contribution in [0.3, 0.4) is 0 Å². The lowest BCUT2D eigenvalue weighted by Gasteiger charge is -2.20. The number of benzene rings is 1. The fourth-order valence-electron chi connectivity index (χ4n) is 1.23. The van der Waals surface area contributed by atoms with Gasteiger partial charge in [-0.05, 0) is 18.2 Å². The second-order valence-corrected chi connectivity index (χ2v) is 4.11. The first-order valence-electron chi connectivity index (χ1n) is 4.55. The zero-order valence-electron chi connectivity index (χ0n) is 8.67. The molecule has 0 saturated carbocycles. The highest BCUT2D eigenvalue weighted by atomic mass is 35.5. The number of aliphatic hydroxyl groups is 2. The predicted octanol–water partition coefficient (Wildman–Crippen LogP) is 2.66. The Kier molecular flexibility index (Phi) is 4.55.